The molecule has 1 aromatic rings. The van der Waals surface area contributed by atoms with Gasteiger partial charge in [-0.2, -0.15) is 0 Å². The summed E-state index contributed by atoms with van der Waals surface area (Å²) in [6.45, 7) is 7.45. The second-order valence-electron chi connectivity index (χ2n) is 7.80. The average molecular weight is 326 g/mol. The highest BCUT2D eigenvalue weighted by molar-refractivity contribution is 5.44. The van der Waals surface area contributed by atoms with E-state index >= 15 is 0 Å². The van der Waals surface area contributed by atoms with Crippen molar-refractivity contribution in [2.45, 2.75) is 19.4 Å². The Bertz CT molecular complexity index is 637. The molecule has 0 N–H and O–H groups in total. The molecular formula is C20H26N2O2. The zero-order valence-corrected chi connectivity index (χ0v) is 14.2. The van der Waals surface area contributed by atoms with Crippen LogP contribution in [0.3, 0.4) is 0 Å². The lowest BCUT2D eigenvalue weighted by Crippen LogP contribution is -2.47. The van der Waals surface area contributed by atoms with Gasteiger partial charge in [0.05, 0.1) is 0 Å². The molecule has 5 rings (SSSR count). The fourth-order valence-electron chi connectivity index (χ4n) is 4.86. The van der Waals surface area contributed by atoms with Crippen LogP contribution in [0.25, 0.3) is 0 Å². The Morgan fingerprint density at radius 2 is 1.75 bits per heavy atom. The van der Waals surface area contributed by atoms with E-state index in [0.717, 1.165) is 35.8 Å². The summed E-state index contributed by atoms with van der Waals surface area (Å²) >= 11 is 0. The number of benzene rings is 1. The maximum Gasteiger partial charge on any atom is 0.231 e. The first-order valence-corrected chi connectivity index (χ1v) is 9.35. The molecule has 2 aliphatic heterocycles. The fraction of sp³-hybridized carbons (Fsp3) is 0.600. The Morgan fingerprint density at radius 3 is 2.54 bits per heavy atom. The summed E-state index contributed by atoms with van der Waals surface area (Å²) in [4.78, 5) is 5.25. The minimum Gasteiger partial charge on any atom is -0.454 e. The smallest absolute Gasteiger partial charge is 0.231 e. The predicted octanol–water partition coefficient (Wildman–Crippen LogP) is 2.75. The van der Waals surface area contributed by atoms with E-state index < -0.39 is 0 Å². The van der Waals surface area contributed by atoms with Gasteiger partial charge in [-0.25, -0.2) is 0 Å². The number of rotatable bonds is 4. The van der Waals surface area contributed by atoms with Crippen molar-refractivity contribution in [3.8, 4) is 11.5 Å². The quantitative estimate of drug-likeness (QED) is 0.795. The molecule has 0 unspecified atom stereocenters. The average Bonchev–Trinajstić information content (AvgIpc) is 3.32. The maximum absolute atomic E-state index is 5.49. The van der Waals surface area contributed by atoms with Crippen LogP contribution in [-0.2, 0) is 6.54 Å². The van der Waals surface area contributed by atoms with E-state index in [-0.39, 0.29) is 0 Å². The van der Waals surface area contributed by atoms with Gasteiger partial charge in [0.25, 0.3) is 0 Å². The predicted molar refractivity (Wildman–Crippen MR) is 93.1 cm³/mol. The minimum absolute atomic E-state index is 0.357. The molecule has 24 heavy (non-hydrogen) atoms. The van der Waals surface area contributed by atoms with E-state index in [1.54, 1.807) is 0 Å². The van der Waals surface area contributed by atoms with Crippen molar-refractivity contribution in [1.29, 1.82) is 0 Å². The summed E-state index contributed by atoms with van der Waals surface area (Å²) < 4.78 is 10.9. The van der Waals surface area contributed by atoms with Crippen molar-refractivity contribution in [1.82, 2.24) is 9.80 Å². The van der Waals surface area contributed by atoms with Gasteiger partial charge in [0.15, 0.2) is 11.5 Å². The summed E-state index contributed by atoms with van der Waals surface area (Å²) in [5.41, 5.74) is 1.32. The third-order valence-corrected chi connectivity index (χ3v) is 6.22. The Balaban J connectivity index is 1.12. The second kappa shape index (κ2) is 6.08. The van der Waals surface area contributed by atoms with Crippen molar-refractivity contribution in [3.05, 3.63) is 35.9 Å². The molecule has 0 aromatic heterocycles. The number of ether oxygens (including phenoxy) is 2. The van der Waals surface area contributed by atoms with Crippen LogP contribution in [0, 0.1) is 17.8 Å². The Labute approximate surface area is 144 Å². The first kappa shape index (κ1) is 14.8. The number of hydrogen-bond acceptors (Lipinski definition) is 4. The molecule has 1 saturated heterocycles. The molecular weight excluding hydrogens is 300 g/mol. The standard InChI is InChI=1S/C20H26N2O2/c1-3-17-9-15(1)10-18(17)13-22-7-5-21(6-8-22)12-16-2-4-19-20(11-16)24-14-23-19/h1-4,11,15,17-18H,5-10,12-14H2/t15-,17+,18+/m1/s1. The monoisotopic (exact) mass is 326 g/mol. The Hall–Kier alpha value is -1.52. The molecule has 0 spiro atoms. The van der Waals surface area contributed by atoms with Gasteiger partial charge in [-0.05, 0) is 48.3 Å². The molecule has 0 radical (unpaired) electrons. The lowest BCUT2D eigenvalue weighted by molar-refractivity contribution is 0.108. The van der Waals surface area contributed by atoms with Crippen LogP contribution in [0.15, 0.2) is 30.4 Å². The summed E-state index contributed by atoms with van der Waals surface area (Å²) in [6, 6.07) is 6.34. The van der Waals surface area contributed by atoms with Crippen LogP contribution in [0.5, 0.6) is 11.5 Å². The molecule has 0 amide bonds. The zero-order valence-electron chi connectivity index (χ0n) is 14.2. The highest BCUT2D eigenvalue weighted by Crippen LogP contribution is 2.43. The van der Waals surface area contributed by atoms with E-state index in [1.807, 2.05) is 6.07 Å². The van der Waals surface area contributed by atoms with Crippen LogP contribution < -0.4 is 9.47 Å². The highest BCUT2D eigenvalue weighted by atomic mass is 16.7. The summed E-state index contributed by atoms with van der Waals surface area (Å²) in [5.74, 6) is 4.47. The molecule has 128 valence electrons. The number of hydrogen-bond donors (Lipinski definition) is 0. The molecule has 2 aliphatic carbocycles. The SMILES string of the molecule is C1=C[C@H]2C[C@@H]1C[C@H]2CN1CCN(Cc2ccc3c(c2)OCO3)CC1. The van der Waals surface area contributed by atoms with Gasteiger partial charge in [-0.1, -0.05) is 18.2 Å². The molecule has 4 nitrogen and oxygen atoms in total. The van der Waals surface area contributed by atoms with Gasteiger partial charge in [0, 0.05) is 39.3 Å². The highest BCUT2D eigenvalue weighted by Gasteiger charge is 2.36. The number of nitrogens with zero attached hydrogens (tertiary/aromatic N) is 2. The van der Waals surface area contributed by atoms with Crippen LogP contribution in [0.4, 0.5) is 0 Å². The van der Waals surface area contributed by atoms with Crippen LogP contribution in [0.1, 0.15) is 18.4 Å². The molecule has 2 fully saturated rings. The van der Waals surface area contributed by atoms with Crippen molar-refractivity contribution < 1.29 is 9.47 Å². The van der Waals surface area contributed by atoms with Crippen molar-refractivity contribution in [2.75, 3.05) is 39.5 Å². The Kier molecular flexibility index (Phi) is 3.75. The Morgan fingerprint density at radius 1 is 0.917 bits per heavy atom. The number of piperazine rings is 1. The van der Waals surface area contributed by atoms with Crippen LogP contribution >= 0.6 is 0 Å². The van der Waals surface area contributed by atoms with Crippen LogP contribution in [0.2, 0.25) is 0 Å². The topological polar surface area (TPSA) is 24.9 Å². The molecule has 1 saturated carbocycles. The lowest BCUT2D eigenvalue weighted by atomic mass is 9.93. The van der Waals surface area contributed by atoms with Gasteiger partial charge in [-0.3, -0.25) is 4.90 Å². The summed E-state index contributed by atoms with van der Waals surface area (Å²) in [5, 5.41) is 0. The van der Waals surface area contributed by atoms with E-state index in [2.05, 4.69) is 34.1 Å². The minimum atomic E-state index is 0.357. The normalized spacial score (nSPS) is 31.9. The van der Waals surface area contributed by atoms with E-state index in [4.69, 9.17) is 9.47 Å². The number of allylic oxidation sites excluding steroid dienone is 2. The molecule has 4 aliphatic rings. The third-order valence-electron chi connectivity index (χ3n) is 6.22. The van der Waals surface area contributed by atoms with E-state index in [1.165, 1.54) is 51.1 Å². The lowest BCUT2D eigenvalue weighted by Gasteiger charge is -2.37. The van der Waals surface area contributed by atoms with Gasteiger partial charge < -0.3 is 14.4 Å². The van der Waals surface area contributed by atoms with E-state index in [0.29, 0.717) is 6.79 Å². The van der Waals surface area contributed by atoms with Crippen molar-refractivity contribution >= 4 is 0 Å². The molecule has 4 heteroatoms. The summed E-state index contributed by atoms with van der Waals surface area (Å²) in [7, 11) is 0. The number of fused-ring (bicyclic) bond motifs is 3. The van der Waals surface area contributed by atoms with Crippen LogP contribution in [-0.4, -0.2) is 49.3 Å². The first-order chi connectivity index (χ1) is 11.8. The van der Waals surface area contributed by atoms with Gasteiger partial charge in [0.1, 0.15) is 0 Å². The maximum atomic E-state index is 5.49. The molecule has 2 heterocycles. The fourth-order valence-corrected chi connectivity index (χ4v) is 4.86. The molecule has 2 bridgehead atoms. The third kappa shape index (κ3) is 2.82. The molecule has 3 atom stereocenters. The van der Waals surface area contributed by atoms with Crippen molar-refractivity contribution in [2.24, 2.45) is 17.8 Å². The van der Waals surface area contributed by atoms with Crippen molar-refractivity contribution in [3.63, 3.8) is 0 Å². The largest absolute Gasteiger partial charge is 0.454 e. The van der Waals surface area contributed by atoms with E-state index in [9.17, 15) is 0 Å². The second-order valence-corrected chi connectivity index (χ2v) is 7.80. The van der Waals surface area contributed by atoms with Gasteiger partial charge in [-0.15, -0.1) is 0 Å². The first-order valence-electron chi connectivity index (χ1n) is 9.35. The zero-order chi connectivity index (χ0) is 15.9. The van der Waals surface area contributed by atoms with Gasteiger partial charge >= 0.3 is 0 Å². The summed E-state index contributed by atoms with van der Waals surface area (Å²) in [6.07, 6.45) is 7.78. The van der Waals surface area contributed by atoms with Gasteiger partial charge in [0.2, 0.25) is 6.79 Å². The molecule has 1 aromatic carbocycles.